The Morgan fingerprint density at radius 2 is 0.860 bits per heavy atom. The molecule has 0 amide bonds. The number of hydrogen-bond donors (Lipinski definition) is 2. The van der Waals surface area contributed by atoms with Gasteiger partial charge in [-0.1, -0.05) is 47.5 Å². The third kappa shape index (κ3) is 13.8. The number of ether oxygens (including phenoxy) is 4. The monoisotopic (exact) mass is 1220 g/mol. The van der Waals surface area contributed by atoms with E-state index in [1.54, 1.807) is 47.6 Å². The molecule has 0 aliphatic rings. The summed E-state index contributed by atoms with van der Waals surface area (Å²) in [6.45, 7) is 7.21. The summed E-state index contributed by atoms with van der Waals surface area (Å²) in [5.74, 6) is -4.97. The van der Waals surface area contributed by atoms with Gasteiger partial charge in [0.1, 0.15) is 59.8 Å². The van der Waals surface area contributed by atoms with Crippen molar-refractivity contribution in [2.45, 2.75) is 78.0 Å². The Kier molecular flexibility index (Phi) is 19.1. The second-order valence-corrected chi connectivity index (χ2v) is 21.0. The van der Waals surface area contributed by atoms with Gasteiger partial charge in [0.25, 0.3) is 0 Å². The zero-order valence-electron chi connectivity index (χ0n) is 46.9. The summed E-state index contributed by atoms with van der Waals surface area (Å²) in [6.07, 6.45) is -0.704. The third-order valence-corrected chi connectivity index (χ3v) is 15.2. The predicted molar refractivity (Wildman–Crippen MR) is 312 cm³/mol. The molecule has 0 radical (unpaired) electrons. The van der Waals surface area contributed by atoms with Crippen molar-refractivity contribution in [2.75, 3.05) is 14.2 Å². The van der Waals surface area contributed by atoms with Crippen LogP contribution in [0.4, 0.5) is 26.3 Å². The van der Waals surface area contributed by atoms with E-state index < -0.39 is 46.8 Å². The zero-order valence-corrected chi connectivity index (χ0v) is 48.4. The Hall–Kier alpha value is -8.82. The van der Waals surface area contributed by atoms with E-state index in [0.29, 0.717) is 33.7 Å². The van der Waals surface area contributed by atoms with Crippen LogP contribution >= 0.6 is 23.2 Å². The van der Waals surface area contributed by atoms with Gasteiger partial charge in [-0.3, -0.25) is 0 Å². The van der Waals surface area contributed by atoms with Crippen LogP contribution in [0.2, 0.25) is 10.0 Å². The lowest BCUT2D eigenvalue weighted by Gasteiger charge is -2.23. The number of aromatic nitrogens is 6. The van der Waals surface area contributed by atoms with Crippen molar-refractivity contribution in [1.29, 1.82) is 0 Å². The summed E-state index contributed by atoms with van der Waals surface area (Å²) in [7, 11) is 3.11. The van der Waals surface area contributed by atoms with Gasteiger partial charge in [0.05, 0.1) is 68.9 Å². The van der Waals surface area contributed by atoms with Crippen LogP contribution in [-0.4, -0.2) is 77.6 Å². The van der Waals surface area contributed by atoms with Crippen LogP contribution in [0.5, 0.6) is 11.8 Å². The van der Waals surface area contributed by atoms with E-state index in [1.165, 1.54) is 84.9 Å². The highest BCUT2D eigenvalue weighted by Crippen LogP contribution is 2.34. The Labute approximate surface area is 499 Å². The average Bonchev–Trinajstić information content (AvgIpc) is 2.31. The molecule has 6 aromatic carbocycles. The summed E-state index contributed by atoms with van der Waals surface area (Å²) in [5, 5.41) is 19.5. The first-order chi connectivity index (χ1) is 41.1. The number of carboxylic acids is 2. The molecule has 0 fully saturated rings. The number of aromatic carboxylic acids is 2. The molecule has 4 atom stereocenters. The molecule has 0 saturated heterocycles. The number of carboxylic acid groups (broad SMARTS) is 2. The van der Waals surface area contributed by atoms with Gasteiger partial charge in [-0.05, 0) is 136 Å². The summed E-state index contributed by atoms with van der Waals surface area (Å²) < 4.78 is 116. The number of imidazole rings is 2. The van der Waals surface area contributed by atoms with Crippen LogP contribution in [0.3, 0.4) is 0 Å². The van der Waals surface area contributed by atoms with Crippen molar-refractivity contribution >= 4 is 57.2 Å². The lowest BCUT2D eigenvalue weighted by molar-refractivity contribution is 0.0686. The van der Waals surface area contributed by atoms with Crippen molar-refractivity contribution in [2.24, 2.45) is 0 Å². The van der Waals surface area contributed by atoms with Gasteiger partial charge in [-0.25, -0.2) is 55.9 Å². The molecule has 10 rings (SSSR count). The molecule has 0 saturated carbocycles. The zero-order chi connectivity index (χ0) is 61.7. The van der Waals surface area contributed by atoms with Crippen LogP contribution in [0.25, 0.3) is 44.6 Å². The first kappa shape index (κ1) is 61.7. The van der Waals surface area contributed by atoms with E-state index in [2.05, 4.69) is 19.9 Å². The molecule has 0 aliphatic carbocycles. The predicted octanol–water partition coefficient (Wildman–Crippen LogP) is 15.3. The molecular weight excluding hydrogens is 1170 g/mol. The third-order valence-electron chi connectivity index (χ3n) is 14.7. The lowest BCUT2D eigenvalue weighted by Crippen LogP contribution is -2.22. The Morgan fingerprint density at radius 3 is 1.22 bits per heavy atom. The van der Waals surface area contributed by atoms with E-state index in [9.17, 15) is 28.6 Å². The largest absolute Gasteiger partial charge is 0.478 e. The number of halogens is 8. The lowest BCUT2D eigenvalue weighted by atomic mass is 10.0. The summed E-state index contributed by atoms with van der Waals surface area (Å²) in [6, 6.07) is 30.5. The Morgan fingerprint density at radius 1 is 0.477 bits per heavy atom. The minimum Gasteiger partial charge on any atom is -0.478 e. The molecule has 4 heterocycles. The van der Waals surface area contributed by atoms with Gasteiger partial charge in [0.2, 0.25) is 11.8 Å². The quantitative estimate of drug-likeness (QED) is 0.0693. The number of rotatable bonds is 20. The maximum atomic E-state index is 15.5. The van der Waals surface area contributed by atoms with Crippen LogP contribution in [-0.2, 0) is 35.5 Å². The van der Waals surface area contributed by atoms with Gasteiger partial charge < -0.3 is 38.3 Å². The Balaban J connectivity index is 0.000000205. The number of methoxy groups -OCH3 is 2. The van der Waals surface area contributed by atoms with Gasteiger partial charge in [0, 0.05) is 71.5 Å². The fourth-order valence-corrected chi connectivity index (χ4v) is 9.89. The SMILES string of the molecule is CO[C@H](C)[C@@H](C)n1c(Cc2cc(F)c(-c3cccc(OCc4ccc(Cl)cc4F)n3)cc2F)nc2ccc(C(=O)O)cc21.CO[C@H](C)[C@@H](C)n1c(Cc2cc(F)c(-c3cccc(OCc4ccc(Cl)cc4F)n3)cc2F)nc2ccc(C(=O)O)cc21. The van der Waals surface area contributed by atoms with Gasteiger partial charge in [0.15, 0.2) is 0 Å². The molecule has 14 nitrogen and oxygen atoms in total. The van der Waals surface area contributed by atoms with E-state index in [0.717, 1.165) is 24.3 Å². The van der Waals surface area contributed by atoms with Crippen LogP contribution in [0.15, 0.2) is 133 Å². The number of pyridine rings is 2. The first-order valence-corrected chi connectivity index (χ1v) is 27.4. The fraction of sp³-hybridized carbons (Fsp3) is 0.219. The molecule has 2 N–H and O–H groups in total. The molecule has 4 aromatic heterocycles. The highest BCUT2D eigenvalue weighted by atomic mass is 35.5. The van der Waals surface area contributed by atoms with Crippen LogP contribution < -0.4 is 9.47 Å². The molecule has 0 bridgehead atoms. The highest BCUT2D eigenvalue weighted by Gasteiger charge is 2.26. The van der Waals surface area contributed by atoms with Crippen molar-refractivity contribution in [3.8, 4) is 34.3 Å². The van der Waals surface area contributed by atoms with E-state index in [4.69, 9.17) is 42.1 Å². The van der Waals surface area contributed by atoms with Crippen LogP contribution in [0.1, 0.15) is 94.4 Å². The average molecular weight is 1220 g/mol. The second kappa shape index (κ2) is 26.6. The smallest absolute Gasteiger partial charge is 0.335 e. The fourth-order valence-electron chi connectivity index (χ4n) is 9.58. The van der Waals surface area contributed by atoms with Gasteiger partial charge in [-0.15, -0.1) is 0 Å². The first-order valence-electron chi connectivity index (χ1n) is 26.7. The summed E-state index contributed by atoms with van der Waals surface area (Å²) in [4.78, 5) is 41.0. The molecule has 86 heavy (non-hydrogen) atoms. The number of benzene rings is 6. The van der Waals surface area contributed by atoms with Crippen LogP contribution in [0, 0.1) is 34.9 Å². The van der Waals surface area contributed by atoms with Crippen molar-refractivity contribution in [3.63, 3.8) is 0 Å². The molecule has 10 aromatic rings. The maximum Gasteiger partial charge on any atom is 0.335 e. The minimum atomic E-state index is -1.09. The van der Waals surface area contributed by atoms with E-state index in [-0.39, 0.29) is 128 Å². The van der Waals surface area contributed by atoms with Gasteiger partial charge in [-0.2, -0.15) is 0 Å². The number of nitrogens with zero attached hydrogens (tertiary/aromatic N) is 6. The molecular formula is C64H54Cl2F6N6O8. The van der Waals surface area contributed by atoms with E-state index in [1.807, 2.05) is 27.7 Å². The number of fused-ring (bicyclic) bond motifs is 2. The van der Waals surface area contributed by atoms with Crippen molar-refractivity contribution in [1.82, 2.24) is 29.1 Å². The second-order valence-electron chi connectivity index (χ2n) is 20.1. The van der Waals surface area contributed by atoms with Gasteiger partial charge >= 0.3 is 11.9 Å². The molecule has 0 spiro atoms. The summed E-state index contributed by atoms with van der Waals surface area (Å²) in [5.41, 5.74) is 3.03. The Bertz CT molecular complexity index is 3920. The maximum absolute atomic E-state index is 15.5. The standard InChI is InChI=1S/2C32H27ClF3N3O4/c2*1-17(18(2)42-3)39-29-12-19(32(40)41)8-10-28(29)37-30(39)13-21-11-26(36)23(15-25(21)35)27-5-4-6-31(38-27)43-16-20-7-9-22(33)14-24(20)34/h2*4-12,14-15,17-18H,13,16H2,1-3H3,(H,40,41)/t2*17-,18-/m11/s1. The molecule has 0 aliphatic heterocycles. The van der Waals surface area contributed by atoms with Crippen molar-refractivity contribution < 1.29 is 65.1 Å². The molecule has 22 heteroatoms. The summed E-state index contributed by atoms with van der Waals surface area (Å²) >= 11 is 11.6. The number of hydrogen-bond acceptors (Lipinski definition) is 10. The van der Waals surface area contributed by atoms with E-state index >= 15 is 17.6 Å². The number of carbonyl (C=O) groups is 2. The topological polar surface area (TPSA) is 173 Å². The molecule has 0 unspecified atom stereocenters. The molecule has 444 valence electrons. The highest BCUT2D eigenvalue weighted by molar-refractivity contribution is 6.30. The normalized spacial score (nSPS) is 12.8. The van der Waals surface area contributed by atoms with Crippen molar-refractivity contribution in [3.05, 3.63) is 223 Å². The minimum absolute atomic E-state index is 0.0548.